The average Bonchev–Trinajstić information content (AvgIpc) is 2.85. The molecule has 0 bridgehead atoms. The molecule has 1 heterocycles. The molecule has 34 heavy (non-hydrogen) atoms. The lowest BCUT2D eigenvalue weighted by molar-refractivity contribution is 0.0951. The second-order valence-corrected chi connectivity index (χ2v) is 8.92. The first kappa shape index (κ1) is 22.9. The van der Waals surface area contributed by atoms with Crippen LogP contribution in [0.5, 0.6) is 11.6 Å². The van der Waals surface area contributed by atoms with E-state index in [1.54, 1.807) is 36.5 Å². The SMILES string of the molecule is O=C(NCc1ccc(Oc2ccc(F)cc2)nc1)c1ccc(NS(=O)(=O)c2ccccc2)cc1. The number of aromatic nitrogens is 1. The number of hydrogen-bond donors (Lipinski definition) is 2. The molecule has 2 N–H and O–H groups in total. The van der Waals surface area contributed by atoms with Crippen LogP contribution in [-0.2, 0) is 16.6 Å². The molecule has 0 spiro atoms. The quantitative estimate of drug-likeness (QED) is 0.382. The van der Waals surface area contributed by atoms with Crippen LogP contribution in [0, 0.1) is 5.82 Å². The highest BCUT2D eigenvalue weighted by Gasteiger charge is 2.14. The summed E-state index contributed by atoms with van der Waals surface area (Å²) in [5, 5.41) is 2.78. The van der Waals surface area contributed by atoms with Gasteiger partial charge in [0.15, 0.2) is 0 Å². The molecule has 0 aliphatic carbocycles. The van der Waals surface area contributed by atoms with Gasteiger partial charge in [-0.05, 0) is 66.2 Å². The van der Waals surface area contributed by atoms with Crippen molar-refractivity contribution < 1.29 is 22.3 Å². The van der Waals surface area contributed by atoms with Crippen LogP contribution in [0.4, 0.5) is 10.1 Å². The monoisotopic (exact) mass is 477 g/mol. The summed E-state index contributed by atoms with van der Waals surface area (Å²) in [7, 11) is -3.70. The van der Waals surface area contributed by atoms with E-state index in [9.17, 15) is 17.6 Å². The Morgan fingerprint density at radius 3 is 2.24 bits per heavy atom. The zero-order valence-corrected chi connectivity index (χ0v) is 18.6. The van der Waals surface area contributed by atoms with Crippen LogP contribution < -0.4 is 14.8 Å². The number of pyridine rings is 1. The molecule has 7 nitrogen and oxygen atoms in total. The number of benzene rings is 3. The van der Waals surface area contributed by atoms with Crippen LogP contribution in [-0.4, -0.2) is 19.3 Å². The van der Waals surface area contributed by atoms with E-state index in [2.05, 4.69) is 15.0 Å². The van der Waals surface area contributed by atoms with Gasteiger partial charge in [0, 0.05) is 30.1 Å². The van der Waals surface area contributed by atoms with E-state index < -0.39 is 10.0 Å². The molecule has 9 heteroatoms. The van der Waals surface area contributed by atoms with Crippen LogP contribution in [0.25, 0.3) is 0 Å². The molecule has 0 saturated carbocycles. The molecule has 3 aromatic carbocycles. The van der Waals surface area contributed by atoms with E-state index in [1.807, 2.05) is 0 Å². The maximum absolute atomic E-state index is 13.0. The van der Waals surface area contributed by atoms with Gasteiger partial charge in [-0.3, -0.25) is 9.52 Å². The first-order valence-corrected chi connectivity index (χ1v) is 11.7. The normalized spacial score (nSPS) is 11.0. The Hall–Kier alpha value is -4.24. The summed E-state index contributed by atoms with van der Waals surface area (Å²) in [6, 6.07) is 23.2. The van der Waals surface area contributed by atoms with Gasteiger partial charge in [0.25, 0.3) is 15.9 Å². The van der Waals surface area contributed by atoms with Gasteiger partial charge >= 0.3 is 0 Å². The zero-order chi connectivity index (χ0) is 24.0. The van der Waals surface area contributed by atoms with Crippen LogP contribution >= 0.6 is 0 Å². The number of amides is 1. The lowest BCUT2D eigenvalue weighted by Crippen LogP contribution is -2.22. The molecule has 1 amide bonds. The van der Waals surface area contributed by atoms with Crippen molar-refractivity contribution in [2.24, 2.45) is 0 Å². The van der Waals surface area contributed by atoms with Crippen molar-refractivity contribution in [3.05, 3.63) is 114 Å². The first-order valence-electron chi connectivity index (χ1n) is 10.2. The molecule has 4 rings (SSSR count). The minimum Gasteiger partial charge on any atom is -0.439 e. The summed E-state index contributed by atoms with van der Waals surface area (Å²) in [6.45, 7) is 0.241. The van der Waals surface area contributed by atoms with Gasteiger partial charge in [0.05, 0.1) is 4.90 Å². The van der Waals surface area contributed by atoms with Gasteiger partial charge in [-0.15, -0.1) is 0 Å². The van der Waals surface area contributed by atoms with Crippen molar-refractivity contribution in [3.63, 3.8) is 0 Å². The van der Waals surface area contributed by atoms with Crippen LogP contribution in [0.2, 0.25) is 0 Å². The number of carbonyl (C=O) groups excluding carboxylic acids is 1. The molecule has 0 aliphatic heterocycles. The molecule has 0 radical (unpaired) electrons. The number of nitrogens with zero attached hydrogens (tertiary/aromatic N) is 1. The Labute approximate surface area is 196 Å². The Kier molecular flexibility index (Phi) is 6.84. The topological polar surface area (TPSA) is 97.4 Å². The number of rotatable bonds is 8. The van der Waals surface area contributed by atoms with Crippen molar-refractivity contribution in [2.45, 2.75) is 11.4 Å². The third-order valence-electron chi connectivity index (χ3n) is 4.74. The Bertz CT molecular complexity index is 1360. The summed E-state index contributed by atoms with van der Waals surface area (Å²) in [5.41, 5.74) is 1.49. The summed E-state index contributed by atoms with van der Waals surface area (Å²) < 4.78 is 45.8. The van der Waals surface area contributed by atoms with Crippen LogP contribution in [0.3, 0.4) is 0 Å². The lowest BCUT2D eigenvalue weighted by Gasteiger charge is -2.09. The van der Waals surface area contributed by atoms with Crippen molar-refractivity contribution in [1.29, 1.82) is 0 Å². The van der Waals surface area contributed by atoms with Crippen molar-refractivity contribution >= 4 is 21.6 Å². The van der Waals surface area contributed by atoms with E-state index >= 15 is 0 Å². The van der Waals surface area contributed by atoms with E-state index in [-0.39, 0.29) is 23.2 Å². The maximum atomic E-state index is 13.0. The van der Waals surface area contributed by atoms with Crippen molar-refractivity contribution in [2.75, 3.05) is 4.72 Å². The van der Waals surface area contributed by atoms with Crippen LogP contribution in [0.1, 0.15) is 15.9 Å². The minimum absolute atomic E-state index is 0.152. The summed E-state index contributed by atoms with van der Waals surface area (Å²) >= 11 is 0. The summed E-state index contributed by atoms with van der Waals surface area (Å²) in [5.74, 6) is 0.137. The fraction of sp³-hybridized carbons (Fsp3) is 0.0400. The first-order chi connectivity index (χ1) is 16.4. The number of ether oxygens (including phenoxy) is 1. The molecule has 172 valence electrons. The second kappa shape index (κ2) is 10.1. The van der Waals surface area contributed by atoms with E-state index in [4.69, 9.17) is 4.74 Å². The third-order valence-corrected chi connectivity index (χ3v) is 6.14. The van der Waals surface area contributed by atoms with Gasteiger partial charge in [-0.2, -0.15) is 0 Å². The molecule has 0 unspecified atom stereocenters. The van der Waals surface area contributed by atoms with Gasteiger partial charge in [0.1, 0.15) is 11.6 Å². The molecular weight excluding hydrogens is 457 g/mol. The molecule has 0 aliphatic rings. The summed E-state index contributed by atoms with van der Waals surface area (Å²) in [4.78, 5) is 16.8. The largest absolute Gasteiger partial charge is 0.439 e. The van der Waals surface area contributed by atoms with E-state index in [0.29, 0.717) is 22.9 Å². The van der Waals surface area contributed by atoms with Crippen molar-refractivity contribution in [3.8, 4) is 11.6 Å². The molecule has 0 fully saturated rings. The third kappa shape index (κ3) is 5.96. The maximum Gasteiger partial charge on any atom is 0.261 e. The van der Waals surface area contributed by atoms with Crippen molar-refractivity contribution in [1.82, 2.24) is 10.3 Å². The fourth-order valence-corrected chi connectivity index (χ4v) is 4.07. The number of halogens is 1. The molecule has 1 aromatic heterocycles. The number of nitrogens with one attached hydrogen (secondary N) is 2. The number of sulfonamides is 1. The van der Waals surface area contributed by atoms with Gasteiger partial charge in [-0.1, -0.05) is 24.3 Å². The number of anilines is 1. The smallest absolute Gasteiger partial charge is 0.261 e. The zero-order valence-electron chi connectivity index (χ0n) is 17.8. The predicted molar refractivity (Wildman–Crippen MR) is 126 cm³/mol. The van der Waals surface area contributed by atoms with E-state index in [1.165, 1.54) is 60.7 Å². The highest BCUT2D eigenvalue weighted by molar-refractivity contribution is 7.92. The number of hydrogen-bond acceptors (Lipinski definition) is 5. The highest BCUT2D eigenvalue weighted by Crippen LogP contribution is 2.20. The van der Waals surface area contributed by atoms with Crippen LogP contribution in [0.15, 0.2) is 102 Å². The minimum atomic E-state index is -3.70. The Balaban J connectivity index is 1.31. The molecular formula is C25H20FN3O4S. The number of carbonyl (C=O) groups is 1. The van der Waals surface area contributed by atoms with Gasteiger partial charge < -0.3 is 10.1 Å². The average molecular weight is 478 g/mol. The molecule has 0 atom stereocenters. The Morgan fingerprint density at radius 2 is 1.59 bits per heavy atom. The highest BCUT2D eigenvalue weighted by atomic mass is 32.2. The standard InChI is InChI=1S/C25H20FN3O4S/c26-20-9-13-22(14-10-20)33-24-15-6-18(16-27-24)17-28-25(30)19-7-11-21(12-8-19)29-34(31,32)23-4-2-1-3-5-23/h1-16,29H,17H2,(H,28,30). The van der Waals surface area contributed by atoms with Gasteiger partial charge in [0.2, 0.25) is 5.88 Å². The Morgan fingerprint density at radius 1 is 0.882 bits per heavy atom. The fourth-order valence-electron chi connectivity index (χ4n) is 2.99. The van der Waals surface area contributed by atoms with E-state index in [0.717, 1.165) is 5.56 Å². The second-order valence-electron chi connectivity index (χ2n) is 7.24. The molecule has 0 saturated heterocycles. The summed E-state index contributed by atoms with van der Waals surface area (Å²) in [6.07, 6.45) is 1.57. The predicted octanol–water partition coefficient (Wildman–Crippen LogP) is 4.74. The van der Waals surface area contributed by atoms with Gasteiger partial charge in [-0.25, -0.2) is 17.8 Å². The lowest BCUT2D eigenvalue weighted by atomic mass is 10.2. The molecule has 4 aromatic rings.